The normalized spacial score (nSPS) is 19.6. The van der Waals surface area contributed by atoms with Crippen molar-refractivity contribution in [2.24, 2.45) is 7.05 Å². The van der Waals surface area contributed by atoms with Crippen LogP contribution in [0.15, 0.2) is 30.5 Å². The molecule has 4 heteroatoms. The molecule has 0 spiro atoms. The zero-order valence-electron chi connectivity index (χ0n) is 11.1. The summed E-state index contributed by atoms with van der Waals surface area (Å²) in [5.41, 5.74) is 2.63. The fourth-order valence-corrected chi connectivity index (χ4v) is 2.83. The van der Waals surface area contributed by atoms with Crippen molar-refractivity contribution in [2.75, 3.05) is 6.54 Å². The molecule has 3 nitrogen and oxygen atoms in total. The van der Waals surface area contributed by atoms with Crippen molar-refractivity contribution in [3.8, 4) is 11.1 Å². The van der Waals surface area contributed by atoms with Crippen LogP contribution in [-0.2, 0) is 7.05 Å². The molecule has 1 aliphatic heterocycles. The maximum absolute atomic E-state index is 14.0. The van der Waals surface area contributed by atoms with Crippen molar-refractivity contribution in [3.63, 3.8) is 0 Å². The highest BCUT2D eigenvalue weighted by molar-refractivity contribution is 5.66. The van der Waals surface area contributed by atoms with Gasteiger partial charge in [0.2, 0.25) is 0 Å². The standard InChI is InChI=1S/C15H18FN3/c1-19-15(14-8-4-5-9-17-14)12(10-18-19)11-6-2-3-7-13(11)16/h2-3,6-7,10,14,17H,4-5,8-9H2,1H3. The smallest absolute Gasteiger partial charge is 0.131 e. The maximum Gasteiger partial charge on any atom is 0.131 e. The summed E-state index contributed by atoms with van der Waals surface area (Å²) in [5.74, 6) is -0.187. The third kappa shape index (κ3) is 2.28. The topological polar surface area (TPSA) is 29.9 Å². The molecule has 0 bridgehead atoms. The van der Waals surface area contributed by atoms with Gasteiger partial charge in [-0.05, 0) is 25.5 Å². The lowest BCUT2D eigenvalue weighted by Gasteiger charge is -2.25. The van der Waals surface area contributed by atoms with Crippen LogP contribution in [0.2, 0.25) is 0 Å². The summed E-state index contributed by atoms with van der Waals surface area (Å²) < 4.78 is 15.8. The molecule has 1 aromatic heterocycles. The van der Waals surface area contributed by atoms with Gasteiger partial charge in [0.05, 0.1) is 11.9 Å². The van der Waals surface area contributed by atoms with E-state index in [-0.39, 0.29) is 11.9 Å². The fraction of sp³-hybridized carbons (Fsp3) is 0.400. The molecule has 3 rings (SSSR count). The van der Waals surface area contributed by atoms with E-state index in [1.807, 2.05) is 23.9 Å². The molecular formula is C15H18FN3. The van der Waals surface area contributed by atoms with Crippen molar-refractivity contribution >= 4 is 0 Å². The lowest BCUT2D eigenvalue weighted by molar-refractivity contribution is 0.394. The second-order valence-electron chi connectivity index (χ2n) is 5.05. The highest BCUT2D eigenvalue weighted by atomic mass is 19.1. The molecule has 1 aromatic carbocycles. The zero-order chi connectivity index (χ0) is 13.2. The maximum atomic E-state index is 14.0. The summed E-state index contributed by atoms with van der Waals surface area (Å²) in [6.07, 6.45) is 5.27. The van der Waals surface area contributed by atoms with Crippen LogP contribution in [0.3, 0.4) is 0 Å². The van der Waals surface area contributed by atoms with E-state index in [0.29, 0.717) is 5.56 Å². The highest BCUT2D eigenvalue weighted by Gasteiger charge is 2.23. The third-order valence-electron chi connectivity index (χ3n) is 3.79. The second kappa shape index (κ2) is 5.13. The van der Waals surface area contributed by atoms with Crippen LogP contribution in [0.5, 0.6) is 0 Å². The Morgan fingerprint density at radius 1 is 1.26 bits per heavy atom. The van der Waals surface area contributed by atoms with Gasteiger partial charge in [0.15, 0.2) is 0 Å². The second-order valence-corrected chi connectivity index (χ2v) is 5.05. The summed E-state index contributed by atoms with van der Waals surface area (Å²) in [6.45, 7) is 1.02. The minimum absolute atomic E-state index is 0.187. The van der Waals surface area contributed by atoms with E-state index in [9.17, 15) is 4.39 Å². The van der Waals surface area contributed by atoms with E-state index in [1.54, 1.807) is 12.3 Å². The van der Waals surface area contributed by atoms with Crippen LogP contribution >= 0.6 is 0 Å². The van der Waals surface area contributed by atoms with Gasteiger partial charge in [0, 0.05) is 24.2 Å². The SMILES string of the molecule is Cn1ncc(-c2ccccc2F)c1C1CCCCN1. The van der Waals surface area contributed by atoms with Crippen LogP contribution in [0.25, 0.3) is 11.1 Å². The molecule has 2 heterocycles. The Morgan fingerprint density at radius 3 is 2.84 bits per heavy atom. The van der Waals surface area contributed by atoms with Gasteiger partial charge in [-0.25, -0.2) is 4.39 Å². The van der Waals surface area contributed by atoms with E-state index in [4.69, 9.17) is 0 Å². The van der Waals surface area contributed by atoms with Crippen molar-refractivity contribution in [2.45, 2.75) is 25.3 Å². The number of piperidine rings is 1. The van der Waals surface area contributed by atoms with Gasteiger partial charge in [-0.2, -0.15) is 5.10 Å². The Morgan fingerprint density at radius 2 is 2.11 bits per heavy atom. The Balaban J connectivity index is 2.05. The fourth-order valence-electron chi connectivity index (χ4n) is 2.83. The Hall–Kier alpha value is -1.68. The highest BCUT2D eigenvalue weighted by Crippen LogP contribution is 2.32. The first-order valence-corrected chi connectivity index (χ1v) is 6.77. The van der Waals surface area contributed by atoms with Gasteiger partial charge in [-0.3, -0.25) is 4.68 Å². The largest absolute Gasteiger partial charge is 0.309 e. The summed E-state index contributed by atoms with van der Waals surface area (Å²) in [6, 6.07) is 7.17. The van der Waals surface area contributed by atoms with Gasteiger partial charge < -0.3 is 5.32 Å². The number of aryl methyl sites for hydroxylation is 1. The molecule has 1 fully saturated rings. The first-order valence-electron chi connectivity index (χ1n) is 6.77. The molecule has 1 atom stereocenters. The molecule has 19 heavy (non-hydrogen) atoms. The first kappa shape index (κ1) is 12.4. The monoisotopic (exact) mass is 259 g/mol. The van der Waals surface area contributed by atoms with Gasteiger partial charge >= 0.3 is 0 Å². The average Bonchev–Trinajstić information content (AvgIpc) is 2.82. The minimum Gasteiger partial charge on any atom is -0.309 e. The van der Waals surface area contributed by atoms with Crippen LogP contribution in [0.1, 0.15) is 31.0 Å². The lowest BCUT2D eigenvalue weighted by Crippen LogP contribution is -2.28. The summed E-state index contributed by atoms with van der Waals surface area (Å²) in [4.78, 5) is 0. The number of benzene rings is 1. The summed E-state index contributed by atoms with van der Waals surface area (Å²) in [7, 11) is 1.93. The van der Waals surface area contributed by atoms with E-state index in [1.165, 1.54) is 18.9 Å². The number of aromatic nitrogens is 2. The molecule has 1 saturated heterocycles. The predicted octanol–water partition coefficient (Wildman–Crippen LogP) is 3.04. The van der Waals surface area contributed by atoms with Crippen LogP contribution < -0.4 is 5.32 Å². The van der Waals surface area contributed by atoms with Crippen molar-refractivity contribution in [1.82, 2.24) is 15.1 Å². The lowest BCUT2D eigenvalue weighted by atomic mass is 9.96. The van der Waals surface area contributed by atoms with Crippen molar-refractivity contribution in [1.29, 1.82) is 0 Å². The number of rotatable bonds is 2. The molecule has 0 radical (unpaired) electrons. The van der Waals surface area contributed by atoms with Gasteiger partial charge in [0.1, 0.15) is 5.82 Å². The third-order valence-corrected chi connectivity index (χ3v) is 3.79. The van der Waals surface area contributed by atoms with E-state index < -0.39 is 0 Å². The van der Waals surface area contributed by atoms with E-state index >= 15 is 0 Å². The van der Waals surface area contributed by atoms with Crippen molar-refractivity contribution < 1.29 is 4.39 Å². The van der Waals surface area contributed by atoms with E-state index in [0.717, 1.165) is 24.2 Å². The van der Waals surface area contributed by atoms with Crippen LogP contribution in [0, 0.1) is 5.82 Å². The molecule has 1 aliphatic rings. The van der Waals surface area contributed by atoms with Gasteiger partial charge in [-0.15, -0.1) is 0 Å². The molecule has 2 aromatic rings. The summed E-state index contributed by atoms with van der Waals surface area (Å²) >= 11 is 0. The Bertz CT molecular complexity index is 571. The molecular weight excluding hydrogens is 241 g/mol. The molecule has 1 unspecified atom stereocenters. The molecule has 100 valence electrons. The van der Waals surface area contributed by atoms with Crippen LogP contribution in [0.4, 0.5) is 4.39 Å². The molecule has 0 amide bonds. The van der Waals surface area contributed by atoms with E-state index in [2.05, 4.69) is 10.4 Å². The molecule has 1 N–H and O–H groups in total. The number of hydrogen-bond acceptors (Lipinski definition) is 2. The van der Waals surface area contributed by atoms with Gasteiger partial charge in [0.25, 0.3) is 0 Å². The molecule has 0 saturated carbocycles. The Labute approximate surface area is 112 Å². The summed E-state index contributed by atoms with van der Waals surface area (Å²) in [5, 5.41) is 7.83. The van der Waals surface area contributed by atoms with Gasteiger partial charge in [-0.1, -0.05) is 24.6 Å². The number of nitrogens with zero attached hydrogens (tertiary/aromatic N) is 2. The quantitative estimate of drug-likeness (QED) is 0.898. The van der Waals surface area contributed by atoms with Crippen LogP contribution in [-0.4, -0.2) is 16.3 Å². The number of hydrogen-bond donors (Lipinski definition) is 1. The number of nitrogens with one attached hydrogen (secondary N) is 1. The van der Waals surface area contributed by atoms with Crippen molar-refractivity contribution in [3.05, 3.63) is 42.0 Å². The predicted molar refractivity (Wildman–Crippen MR) is 73.2 cm³/mol. The Kier molecular flexibility index (Phi) is 3.34. The molecule has 0 aliphatic carbocycles. The first-order chi connectivity index (χ1) is 9.27. The zero-order valence-corrected chi connectivity index (χ0v) is 11.1. The number of halogens is 1. The average molecular weight is 259 g/mol. The minimum atomic E-state index is -0.187.